The molecule has 1 aromatic rings. The maximum atomic E-state index is 12.5. The SMILES string of the molecule is CN(C)C(=O)COC(=O)c1ccc(S(=O)(=O)N2CCCCC2)cc1. The van der Waals surface area contributed by atoms with Crippen LogP contribution in [-0.2, 0) is 19.6 Å². The molecule has 0 N–H and O–H groups in total. The summed E-state index contributed by atoms with van der Waals surface area (Å²) in [7, 11) is -0.389. The number of sulfonamides is 1. The van der Waals surface area contributed by atoms with Crippen LogP contribution in [0.2, 0.25) is 0 Å². The highest BCUT2D eigenvalue weighted by Gasteiger charge is 2.26. The van der Waals surface area contributed by atoms with E-state index in [0.717, 1.165) is 19.3 Å². The number of hydrogen-bond acceptors (Lipinski definition) is 5. The quantitative estimate of drug-likeness (QED) is 0.740. The van der Waals surface area contributed by atoms with Gasteiger partial charge in [0.25, 0.3) is 5.91 Å². The van der Waals surface area contributed by atoms with Gasteiger partial charge in [0.15, 0.2) is 6.61 Å². The number of carbonyl (C=O) groups is 2. The van der Waals surface area contributed by atoms with E-state index in [4.69, 9.17) is 4.74 Å². The van der Waals surface area contributed by atoms with Crippen LogP contribution in [0.25, 0.3) is 0 Å². The van der Waals surface area contributed by atoms with Crippen LogP contribution in [0.15, 0.2) is 29.2 Å². The van der Waals surface area contributed by atoms with E-state index in [2.05, 4.69) is 0 Å². The van der Waals surface area contributed by atoms with Gasteiger partial charge >= 0.3 is 5.97 Å². The lowest BCUT2D eigenvalue weighted by molar-refractivity contribution is -0.131. The summed E-state index contributed by atoms with van der Waals surface area (Å²) in [6.07, 6.45) is 2.77. The van der Waals surface area contributed by atoms with E-state index < -0.39 is 16.0 Å². The Morgan fingerprint density at radius 2 is 1.67 bits per heavy atom. The molecule has 7 nitrogen and oxygen atoms in total. The average Bonchev–Trinajstić information content (AvgIpc) is 2.60. The normalized spacial score (nSPS) is 15.8. The molecule has 0 radical (unpaired) electrons. The lowest BCUT2D eigenvalue weighted by Crippen LogP contribution is -2.35. The number of carbonyl (C=O) groups excluding carboxylic acids is 2. The Morgan fingerprint density at radius 1 is 1.08 bits per heavy atom. The molecule has 1 aromatic carbocycles. The predicted octanol–water partition coefficient (Wildman–Crippen LogP) is 1.11. The number of ether oxygens (including phenoxy) is 1. The molecule has 2 rings (SSSR count). The highest BCUT2D eigenvalue weighted by atomic mass is 32.2. The Labute approximate surface area is 142 Å². The van der Waals surface area contributed by atoms with Gasteiger partial charge in [-0.1, -0.05) is 6.42 Å². The molecule has 0 aliphatic carbocycles. The fraction of sp³-hybridized carbons (Fsp3) is 0.500. The number of piperidine rings is 1. The summed E-state index contributed by atoms with van der Waals surface area (Å²) in [6, 6.07) is 5.60. The Bertz CT molecular complexity index is 692. The van der Waals surface area contributed by atoms with Crippen molar-refractivity contribution in [1.29, 1.82) is 0 Å². The van der Waals surface area contributed by atoms with E-state index in [1.165, 1.54) is 33.5 Å². The Balaban J connectivity index is 2.04. The van der Waals surface area contributed by atoms with Crippen molar-refractivity contribution < 1.29 is 22.7 Å². The zero-order chi connectivity index (χ0) is 17.7. The molecule has 8 heteroatoms. The molecular formula is C16H22N2O5S. The van der Waals surface area contributed by atoms with E-state index in [-0.39, 0.29) is 23.0 Å². The summed E-state index contributed by atoms with van der Waals surface area (Å²) in [4.78, 5) is 24.8. The lowest BCUT2D eigenvalue weighted by Gasteiger charge is -2.25. The monoisotopic (exact) mass is 354 g/mol. The van der Waals surface area contributed by atoms with Gasteiger partial charge in [0.1, 0.15) is 0 Å². The van der Waals surface area contributed by atoms with E-state index in [1.54, 1.807) is 14.1 Å². The van der Waals surface area contributed by atoms with E-state index in [0.29, 0.717) is 13.1 Å². The van der Waals surface area contributed by atoms with Gasteiger partial charge in [-0.25, -0.2) is 13.2 Å². The van der Waals surface area contributed by atoms with Crippen LogP contribution in [0.5, 0.6) is 0 Å². The molecule has 0 atom stereocenters. The highest BCUT2D eigenvalue weighted by molar-refractivity contribution is 7.89. The van der Waals surface area contributed by atoms with Crippen molar-refractivity contribution in [2.75, 3.05) is 33.8 Å². The van der Waals surface area contributed by atoms with Crippen LogP contribution >= 0.6 is 0 Å². The third kappa shape index (κ3) is 4.33. The first kappa shape index (κ1) is 18.4. The van der Waals surface area contributed by atoms with Crippen LogP contribution in [0.4, 0.5) is 0 Å². The van der Waals surface area contributed by atoms with Crippen molar-refractivity contribution >= 4 is 21.9 Å². The number of hydrogen-bond donors (Lipinski definition) is 0. The number of esters is 1. The molecule has 24 heavy (non-hydrogen) atoms. The molecule has 1 aliphatic rings. The second-order valence-corrected chi connectivity index (χ2v) is 7.79. The zero-order valence-corrected chi connectivity index (χ0v) is 14.7. The van der Waals surface area contributed by atoms with Crippen molar-refractivity contribution in [2.24, 2.45) is 0 Å². The highest BCUT2D eigenvalue weighted by Crippen LogP contribution is 2.21. The maximum absolute atomic E-state index is 12.5. The summed E-state index contributed by atoms with van der Waals surface area (Å²) in [5.74, 6) is -0.986. The molecule has 0 aromatic heterocycles. The molecule has 1 saturated heterocycles. The number of nitrogens with zero attached hydrogens (tertiary/aromatic N) is 2. The van der Waals surface area contributed by atoms with Gasteiger partial charge in [0.05, 0.1) is 10.5 Å². The number of amides is 1. The fourth-order valence-electron chi connectivity index (χ4n) is 2.36. The second-order valence-electron chi connectivity index (χ2n) is 5.85. The molecule has 0 saturated carbocycles. The minimum Gasteiger partial charge on any atom is -0.452 e. The first-order valence-electron chi connectivity index (χ1n) is 7.80. The fourth-order valence-corrected chi connectivity index (χ4v) is 3.87. The van der Waals surface area contributed by atoms with Gasteiger partial charge in [0, 0.05) is 27.2 Å². The number of likely N-dealkylation sites (N-methyl/N-ethyl adjacent to an activating group) is 1. The molecule has 0 unspecified atom stereocenters. The van der Waals surface area contributed by atoms with Crippen LogP contribution < -0.4 is 0 Å². The lowest BCUT2D eigenvalue weighted by atomic mass is 10.2. The summed E-state index contributed by atoms with van der Waals surface area (Å²) in [5.41, 5.74) is 0.208. The van der Waals surface area contributed by atoms with E-state index in [9.17, 15) is 18.0 Å². The topological polar surface area (TPSA) is 84.0 Å². The Morgan fingerprint density at radius 3 is 2.21 bits per heavy atom. The number of benzene rings is 1. The molecular weight excluding hydrogens is 332 g/mol. The van der Waals surface area contributed by atoms with Crippen molar-refractivity contribution in [3.63, 3.8) is 0 Å². The molecule has 1 aliphatic heterocycles. The van der Waals surface area contributed by atoms with Crippen molar-refractivity contribution in [2.45, 2.75) is 24.2 Å². The molecule has 132 valence electrons. The zero-order valence-electron chi connectivity index (χ0n) is 13.9. The summed E-state index contributed by atoms with van der Waals surface area (Å²) < 4.78 is 31.4. The molecule has 0 spiro atoms. The first-order valence-corrected chi connectivity index (χ1v) is 9.24. The van der Waals surface area contributed by atoms with Gasteiger partial charge in [-0.3, -0.25) is 4.79 Å². The summed E-state index contributed by atoms with van der Waals surface area (Å²) in [6.45, 7) is 0.706. The molecule has 1 heterocycles. The largest absolute Gasteiger partial charge is 0.452 e. The second kappa shape index (κ2) is 7.76. The summed E-state index contributed by atoms with van der Waals surface area (Å²) >= 11 is 0. The van der Waals surface area contributed by atoms with Crippen LogP contribution in [0, 0.1) is 0 Å². The standard InChI is InChI=1S/C16H22N2O5S/c1-17(2)15(19)12-23-16(20)13-6-8-14(9-7-13)24(21,22)18-10-4-3-5-11-18/h6-9H,3-5,10-12H2,1-2H3. The minimum absolute atomic E-state index is 0.158. The first-order chi connectivity index (χ1) is 11.3. The molecule has 1 amide bonds. The van der Waals surface area contributed by atoms with Gasteiger partial charge in [-0.15, -0.1) is 0 Å². The van der Waals surface area contributed by atoms with Gasteiger partial charge in [0.2, 0.25) is 10.0 Å². The van der Waals surface area contributed by atoms with Gasteiger partial charge in [-0.05, 0) is 37.1 Å². The van der Waals surface area contributed by atoms with E-state index >= 15 is 0 Å². The van der Waals surface area contributed by atoms with Crippen molar-refractivity contribution in [3.8, 4) is 0 Å². The Hall–Kier alpha value is -1.93. The van der Waals surface area contributed by atoms with Crippen LogP contribution in [-0.4, -0.2) is 63.3 Å². The van der Waals surface area contributed by atoms with Crippen LogP contribution in [0.3, 0.4) is 0 Å². The summed E-state index contributed by atoms with van der Waals surface area (Å²) in [5, 5.41) is 0. The van der Waals surface area contributed by atoms with Gasteiger partial charge < -0.3 is 9.64 Å². The van der Waals surface area contributed by atoms with Crippen molar-refractivity contribution in [3.05, 3.63) is 29.8 Å². The maximum Gasteiger partial charge on any atom is 0.338 e. The predicted molar refractivity (Wildman–Crippen MR) is 88.0 cm³/mol. The molecule has 1 fully saturated rings. The van der Waals surface area contributed by atoms with E-state index in [1.807, 2.05) is 0 Å². The smallest absolute Gasteiger partial charge is 0.338 e. The van der Waals surface area contributed by atoms with Crippen molar-refractivity contribution in [1.82, 2.24) is 9.21 Å². The Kier molecular flexibility index (Phi) is 5.95. The molecule has 0 bridgehead atoms. The third-order valence-electron chi connectivity index (χ3n) is 3.87. The average molecular weight is 354 g/mol. The third-order valence-corrected chi connectivity index (χ3v) is 5.78. The minimum atomic E-state index is -3.52. The number of rotatable bonds is 5. The van der Waals surface area contributed by atoms with Crippen LogP contribution in [0.1, 0.15) is 29.6 Å². The van der Waals surface area contributed by atoms with Gasteiger partial charge in [-0.2, -0.15) is 4.31 Å².